The summed E-state index contributed by atoms with van der Waals surface area (Å²) in [5.74, 6) is 0.733. The van der Waals surface area contributed by atoms with Gasteiger partial charge in [0.25, 0.3) is 0 Å². The first kappa shape index (κ1) is 25.4. The molecule has 0 N–H and O–H groups in total. The summed E-state index contributed by atoms with van der Waals surface area (Å²) in [4.78, 5) is 24.0. The normalized spacial score (nSPS) is 27.3. The fraction of sp³-hybridized carbons (Fsp3) is 0.438. The van der Waals surface area contributed by atoms with Crippen molar-refractivity contribution < 1.29 is 14.4 Å². The lowest BCUT2D eigenvalue weighted by atomic mass is 9.64. The molecule has 5 atom stereocenters. The minimum atomic E-state index is -0.373. The fourth-order valence-electron chi connectivity index (χ4n) is 6.66. The summed E-state index contributed by atoms with van der Waals surface area (Å²) in [5, 5.41) is 4.42. The van der Waals surface area contributed by atoms with Gasteiger partial charge in [-0.3, -0.25) is 4.84 Å². The smallest absolute Gasteiger partial charge is 0.434 e. The molecule has 1 aromatic heterocycles. The first-order valence-electron chi connectivity index (χ1n) is 13.8. The van der Waals surface area contributed by atoms with Gasteiger partial charge < -0.3 is 4.74 Å². The van der Waals surface area contributed by atoms with E-state index in [1.165, 1.54) is 21.4 Å². The zero-order chi connectivity index (χ0) is 26.4. The molecule has 5 nitrogen and oxygen atoms in total. The summed E-state index contributed by atoms with van der Waals surface area (Å²) in [5.41, 5.74) is 3.19. The van der Waals surface area contributed by atoms with Gasteiger partial charge in [-0.05, 0) is 70.6 Å². The minimum absolute atomic E-state index is 0.147. The van der Waals surface area contributed by atoms with Crippen LogP contribution >= 0.6 is 11.6 Å². The molecular formula is C32H35ClN2O3. The first-order chi connectivity index (χ1) is 18.3. The second-order valence-electron chi connectivity index (χ2n) is 11.8. The van der Waals surface area contributed by atoms with Crippen molar-refractivity contribution in [2.24, 2.45) is 11.8 Å². The number of carbonyl (C=O) groups is 1. The number of ether oxygens (including phenoxy) is 1. The van der Waals surface area contributed by atoms with E-state index >= 15 is 0 Å². The number of pyridine rings is 1. The Hall–Kier alpha value is -2.89. The van der Waals surface area contributed by atoms with E-state index in [0.717, 1.165) is 43.2 Å². The van der Waals surface area contributed by atoms with Crippen LogP contribution in [0.3, 0.4) is 0 Å². The zero-order valence-electron chi connectivity index (χ0n) is 22.3. The van der Waals surface area contributed by atoms with Gasteiger partial charge in [0.15, 0.2) is 0 Å². The summed E-state index contributed by atoms with van der Waals surface area (Å²) >= 11 is 5.97. The third kappa shape index (κ3) is 4.71. The molecule has 38 heavy (non-hydrogen) atoms. The molecule has 2 aliphatic heterocycles. The Morgan fingerprint density at radius 1 is 1.05 bits per heavy atom. The molecule has 0 spiro atoms. The number of carbonyl (C=O) groups excluding carboxylic acids is 1. The van der Waals surface area contributed by atoms with E-state index in [2.05, 4.69) is 74.3 Å². The van der Waals surface area contributed by atoms with Crippen LogP contribution in [-0.2, 0) is 15.0 Å². The standard InChI is InChI=1S/C32H35ClN2O3/c1-20-8-13-27(32(2,3)24-11-9-21-6-4-5-7-22(21)17-24)29(16-20)37-31(36)35-25-12-14-28(38-35)26(18-25)23-10-15-30(33)34-19-23/h4-7,9-11,15,17-20,25,27-29H,8,12-14,16H2,1-3H3/t20-,25+,27-,28-,29-/m0/s1. The lowest BCUT2D eigenvalue weighted by Gasteiger charge is -2.46. The predicted octanol–water partition coefficient (Wildman–Crippen LogP) is 7.97. The highest BCUT2D eigenvalue weighted by atomic mass is 35.5. The van der Waals surface area contributed by atoms with E-state index in [4.69, 9.17) is 21.2 Å². The third-order valence-corrected chi connectivity index (χ3v) is 9.18. The Morgan fingerprint density at radius 2 is 1.87 bits per heavy atom. The van der Waals surface area contributed by atoms with Gasteiger partial charge in [-0.25, -0.2) is 9.78 Å². The quantitative estimate of drug-likeness (QED) is 0.321. The van der Waals surface area contributed by atoms with Crippen LogP contribution in [0.15, 0.2) is 66.9 Å². The molecule has 6 heteroatoms. The molecule has 2 aromatic carbocycles. The number of aromatic nitrogens is 1. The average Bonchev–Trinajstić information content (AvgIpc) is 2.93. The predicted molar refractivity (Wildman–Crippen MR) is 151 cm³/mol. The number of rotatable bonds is 4. The Morgan fingerprint density at radius 3 is 2.61 bits per heavy atom. The highest BCUT2D eigenvalue weighted by Gasteiger charge is 2.45. The van der Waals surface area contributed by atoms with Crippen molar-refractivity contribution in [3.63, 3.8) is 0 Å². The zero-order valence-corrected chi connectivity index (χ0v) is 23.0. The number of benzene rings is 2. The number of nitrogens with zero attached hydrogens (tertiary/aromatic N) is 2. The Labute approximate surface area is 229 Å². The van der Waals surface area contributed by atoms with Gasteiger partial charge in [-0.1, -0.05) is 93.4 Å². The number of hydroxylamine groups is 2. The fourth-order valence-corrected chi connectivity index (χ4v) is 6.77. The second-order valence-corrected chi connectivity index (χ2v) is 12.2. The van der Waals surface area contributed by atoms with Crippen LogP contribution in [0.1, 0.15) is 64.0 Å². The lowest BCUT2D eigenvalue weighted by Crippen LogP contribution is -2.52. The van der Waals surface area contributed by atoms with Gasteiger partial charge in [0.05, 0.1) is 6.04 Å². The van der Waals surface area contributed by atoms with Crippen molar-refractivity contribution >= 4 is 34.0 Å². The van der Waals surface area contributed by atoms with Gasteiger partial charge in [0.1, 0.15) is 17.4 Å². The third-order valence-electron chi connectivity index (χ3n) is 8.95. The summed E-state index contributed by atoms with van der Waals surface area (Å²) in [7, 11) is 0. The van der Waals surface area contributed by atoms with Crippen LogP contribution < -0.4 is 0 Å². The van der Waals surface area contributed by atoms with E-state index in [0.29, 0.717) is 11.1 Å². The molecule has 2 aliphatic carbocycles. The summed E-state index contributed by atoms with van der Waals surface area (Å²) in [6, 6.07) is 18.8. The molecular weight excluding hydrogens is 496 g/mol. The molecule has 0 radical (unpaired) electrons. The van der Waals surface area contributed by atoms with Crippen molar-refractivity contribution in [1.29, 1.82) is 0 Å². The number of amides is 1. The van der Waals surface area contributed by atoms with Crippen LogP contribution in [0.4, 0.5) is 4.79 Å². The van der Waals surface area contributed by atoms with Gasteiger partial charge >= 0.3 is 6.09 Å². The van der Waals surface area contributed by atoms with Crippen molar-refractivity contribution in [1.82, 2.24) is 10.0 Å². The maximum absolute atomic E-state index is 13.6. The second kappa shape index (κ2) is 10.0. The molecule has 2 bridgehead atoms. The molecule has 198 valence electrons. The largest absolute Gasteiger partial charge is 0.444 e. The number of hydrogen-bond acceptors (Lipinski definition) is 4. The summed E-state index contributed by atoms with van der Waals surface area (Å²) in [6.07, 6.45) is 7.93. The van der Waals surface area contributed by atoms with Crippen molar-refractivity contribution in [3.8, 4) is 0 Å². The Kier molecular flexibility index (Phi) is 6.69. The van der Waals surface area contributed by atoms with Gasteiger partial charge in [0, 0.05) is 12.1 Å². The van der Waals surface area contributed by atoms with Crippen LogP contribution in [0, 0.1) is 11.8 Å². The molecule has 0 unspecified atom stereocenters. The number of hydrogen-bond donors (Lipinski definition) is 0. The van der Waals surface area contributed by atoms with Crippen LogP contribution in [0.5, 0.6) is 0 Å². The average molecular weight is 531 g/mol. The molecule has 1 saturated carbocycles. The van der Waals surface area contributed by atoms with Crippen molar-refractivity contribution in [2.45, 2.75) is 76.5 Å². The van der Waals surface area contributed by atoms with Crippen molar-refractivity contribution in [2.75, 3.05) is 0 Å². The Balaban J connectivity index is 1.22. The highest BCUT2D eigenvalue weighted by molar-refractivity contribution is 6.29. The molecule has 4 aliphatic rings. The monoisotopic (exact) mass is 530 g/mol. The summed E-state index contributed by atoms with van der Waals surface area (Å²) < 4.78 is 6.32. The van der Waals surface area contributed by atoms with Gasteiger partial charge in [-0.15, -0.1) is 0 Å². The van der Waals surface area contributed by atoms with Crippen LogP contribution in [0.25, 0.3) is 16.3 Å². The maximum Gasteiger partial charge on any atom is 0.434 e. The van der Waals surface area contributed by atoms with E-state index in [-0.39, 0.29) is 35.7 Å². The molecule has 1 amide bonds. The number of halogens is 1. The van der Waals surface area contributed by atoms with E-state index in [9.17, 15) is 4.79 Å². The molecule has 3 aromatic rings. The molecule has 2 fully saturated rings. The molecule has 3 heterocycles. The van der Waals surface area contributed by atoms with E-state index in [1.807, 2.05) is 6.07 Å². The summed E-state index contributed by atoms with van der Waals surface area (Å²) in [6.45, 7) is 6.86. The van der Waals surface area contributed by atoms with E-state index < -0.39 is 0 Å². The highest BCUT2D eigenvalue weighted by Crippen LogP contribution is 2.45. The van der Waals surface area contributed by atoms with Crippen molar-refractivity contribution in [3.05, 3.63) is 83.2 Å². The van der Waals surface area contributed by atoms with Gasteiger partial charge in [-0.2, -0.15) is 5.06 Å². The topological polar surface area (TPSA) is 51.7 Å². The first-order valence-corrected chi connectivity index (χ1v) is 14.2. The molecule has 1 saturated heterocycles. The Bertz CT molecular complexity index is 1370. The number of fused-ring (bicyclic) bond motifs is 3. The van der Waals surface area contributed by atoms with Crippen LogP contribution in [0.2, 0.25) is 5.15 Å². The maximum atomic E-state index is 13.6. The minimum Gasteiger partial charge on any atom is -0.444 e. The SMILES string of the molecule is C[C@H]1CC[C@H](C(C)(C)c2ccc3ccccc3c2)[C@@H](OC(=O)N2O[C@H]3CC[C@@H]2C=C3c2ccc(Cl)nc2)C1. The molecule has 7 rings (SSSR count). The van der Waals surface area contributed by atoms with Crippen LogP contribution in [-0.4, -0.2) is 34.4 Å². The lowest BCUT2D eigenvalue weighted by molar-refractivity contribution is -0.210. The van der Waals surface area contributed by atoms with Gasteiger partial charge in [0.2, 0.25) is 0 Å². The van der Waals surface area contributed by atoms with E-state index in [1.54, 1.807) is 12.3 Å².